The molecule has 0 spiro atoms. The lowest BCUT2D eigenvalue weighted by atomic mass is 10.0. The highest BCUT2D eigenvalue weighted by molar-refractivity contribution is 7.78. The van der Waals surface area contributed by atoms with Crippen molar-refractivity contribution in [2.24, 2.45) is 0 Å². The number of carbonyl (C=O) groups is 1. The third-order valence-corrected chi connectivity index (χ3v) is 5.68. The van der Waals surface area contributed by atoms with Crippen LogP contribution in [0.15, 0.2) is 48.9 Å². The molecule has 1 aliphatic rings. The van der Waals surface area contributed by atoms with E-state index in [1.165, 1.54) is 0 Å². The minimum atomic E-state index is -0.260. The van der Waals surface area contributed by atoms with Crippen LogP contribution in [0.5, 0.6) is 0 Å². The molecule has 29 heavy (non-hydrogen) atoms. The van der Waals surface area contributed by atoms with Gasteiger partial charge in [0.1, 0.15) is 18.8 Å². The van der Waals surface area contributed by atoms with E-state index in [1.54, 1.807) is 10.3 Å². The highest BCUT2D eigenvalue weighted by Gasteiger charge is 2.30. The molecule has 0 radical (unpaired) electrons. The van der Waals surface area contributed by atoms with Gasteiger partial charge >= 0.3 is 6.09 Å². The lowest BCUT2D eigenvalue weighted by Crippen LogP contribution is -2.50. The number of nitrogens with zero attached hydrogens (tertiary/aromatic N) is 5. The molecule has 8 heteroatoms. The van der Waals surface area contributed by atoms with Gasteiger partial charge < -0.3 is 14.5 Å². The molecular formula is C21H25N5O2S. The number of ether oxygens (including phenoxy) is 1. The normalized spacial score (nSPS) is 16.8. The van der Waals surface area contributed by atoms with E-state index < -0.39 is 0 Å². The summed E-state index contributed by atoms with van der Waals surface area (Å²) in [7, 11) is 0. The maximum atomic E-state index is 12.6. The van der Waals surface area contributed by atoms with Crippen molar-refractivity contribution in [3.63, 3.8) is 0 Å². The highest BCUT2D eigenvalue weighted by atomic mass is 32.1. The molecule has 1 aromatic carbocycles. The Hall–Kier alpha value is -2.74. The second-order valence-electron chi connectivity index (χ2n) is 7.16. The maximum absolute atomic E-state index is 12.6. The van der Waals surface area contributed by atoms with Gasteiger partial charge in [-0.1, -0.05) is 43.1 Å². The summed E-state index contributed by atoms with van der Waals surface area (Å²) in [5, 5.41) is 0.966. The number of carbonyl (C=O) groups excluding carboxylic acids is 1. The van der Waals surface area contributed by atoms with Crippen molar-refractivity contribution in [2.75, 3.05) is 24.5 Å². The van der Waals surface area contributed by atoms with Crippen LogP contribution in [0.25, 0.3) is 11.0 Å². The summed E-state index contributed by atoms with van der Waals surface area (Å²) in [5.74, 6) is 0.884. The summed E-state index contributed by atoms with van der Waals surface area (Å²) < 4.78 is 7.23. The number of rotatable bonds is 5. The van der Waals surface area contributed by atoms with Crippen molar-refractivity contribution >= 4 is 35.8 Å². The van der Waals surface area contributed by atoms with Crippen molar-refractivity contribution in [1.82, 2.24) is 18.8 Å². The number of benzene rings is 1. The molecule has 152 valence electrons. The molecule has 3 aromatic rings. The first-order valence-corrected chi connectivity index (χ1v) is 10.3. The van der Waals surface area contributed by atoms with Crippen LogP contribution in [0, 0.1) is 0 Å². The number of hydrogen-bond acceptors (Lipinski definition) is 6. The van der Waals surface area contributed by atoms with Gasteiger partial charge in [0.2, 0.25) is 0 Å². The highest BCUT2D eigenvalue weighted by Crippen LogP contribution is 2.28. The van der Waals surface area contributed by atoms with E-state index in [-0.39, 0.29) is 12.1 Å². The van der Waals surface area contributed by atoms with Gasteiger partial charge in [0.05, 0.1) is 5.39 Å². The van der Waals surface area contributed by atoms with E-state index in [9.17, 15) is 4.79 Å². The van der Waals surface area contributed by atoms with Crippen molar-refractivity contribution in [2.45, 2.75) is 32.4 Å². The van der Waals surface area contributed by atoms with Crippen molar-refractivity contribution in [1.29, 1.82) is 0 Å². The number of fused-ring (bicyclic) bond motifs is 1. The SMILES string of the molecule is CCN(c1ncnc2c1ccn2S)[C@H]1CCCN(C(=O)OCc2ccccc2)C1. The molecule has 0 N–H and O–H groups in total. The van der Waals surface area contributed by atoms with E-state index in [4.69, 9.17) is 4.74 Å². The summed E-state index contributed by atoms with van der Waals surface area (Å²) >= 11 is 4.41. The minimum absolute atomic E-state index is 0.180. The zero-order valence-electron chi connectivity index (χ0n) is 16.4. The van der Waals surface area contributed by atoms with Gasteiger partial charge in [-0.25, -0.2) is 14.8 Å². The Labute approximate surface area is 175 Å². The third kappa shape index (κ3) is 4.17. The first-order valence-electron chi connectivity index (χ1n) is 9.91. The molecule has 1 aliphatic heterocycles. The van der Waals surface area contributed by atoms with E-state index in [1.807, 2.05) is 47.5 Å². The summed E-state index contributed by atoms with van der Waals surface area (Å²) in [6.45, 7) is 4.53. The molecular weight excluding hydrogens is 386 g/mol. The summed E-state index contributed by atoms with van der Waals surface area (Å²) in [6, 6.07) is 11.9. The van der Waals surface area contributed by atoms with Crippen LogP contribution in [-0.4, -0.2) is 50.6 Å². The van der Waals surface area contributed by atoms with Crippen LogP contribution < -0.4 is 4.90 Å². The van der Waals surface area contributed by atoms with Gasteiger partial charge in [0, 0.05) is 31.9 Å². The van der Waals surface area contributed by atoms with Crippen molar-refractivity contribution in [3.05, 3.63) is 54.5 Å². The molecule has 1 amide bonds. The lowest BCUT2D eigenvalue weighted by molar-refractivity contribution is 0.0856. The molecule has 1 atom stereocenters. The van der Waals surface area contributed by atoms with Gasteiger partial charge in [-0.2, -0.15) is 0 Å². The number of amides is 1. The van der Waals surface area contributed by atoms with Gasteiger partial charge in [-0.05, 0) is 31.4 Å². The molecule has 4 rings (SSSR count). The fourth-order valence-corrected chi connectivity index (χ4v) is 4.15. The molecule has 0 saturated carbocycles. The fourth-order valence-electron chi connectivity index (χ4n) is 3.92. The Balaban J connectivity index is 1.47. The summed E-state index contributed by atoms with van der Waals surface area (Å²) in [5.41, 5.74) is 1.77. The first kappa shape index (κ1) is 19.6. The average Bonchev–Trinajstić information content (AvgIpc) is 3.15. The first-order chi connectivity index (χ1) is 14.2. The smallest absolute Gasteiger partial charge is 0.410 e. The Kier molecular flexibility index (Phi) is 5.89. The van der Waals surface area contributed by atoms with Crippen LogP contribution in [0.4, 0.5) is 10.6 Å². The molecule has 0 unspecified atom stereocenters. The summed E-state index contributed by atoms with van der Waals surface area (Å²) in [4.78, 5) is 25.6. The quantitative estimate of drug-likeness (QED) is 0.648. The van der Waals surface area contributed by atoms with Gasteiger partial charge in [0.15, 0.2) is 5.65 Å². The predicted molar refractivity (Wildman–Crippen MR) is 116 cm³/mol. The number of aromatic nitrogens is 3. The second-order valence-corrected chi connectivity index (χ2v) is 7.59. The minimum Gasteiger partial charge on any atom is -0.445 e. The van der Waals surface area contributed by atoms with E-state index >= 15 is 0 Å². The number of thiol groups is 1. The molecule has 2 aromatic heterocycles. The van der Waals surface area contributed by atoms with Crippen LogP contribution in [0.1, 0.15) is 25.3 Å². The van der Waals surface area contributed by atoms with Crippen LogP contribution >= 0.6 is 12.8 Å². The van der Waals surface area contributed by atoms with Gasteiger partial charge in [-0.15, -0.1) is 0 Å². The number of piperidine rings is 1. The molecule has 1 fully saturated rings. The van der Waals surface area contributed by atoms with Crippen LogP contribution in [-0.2, 0) is 11.3 Å². The molecule has 1 saturated heterocycles. The average molecular weight is 412 g/mol. The second kappa shape index (κ2) is 8.73. The summed E-state index contributed by atoms with van der Waals surface area (Å²) in [6.07, 6.45) is 5.12. The molecule has 3 heterocycles. The molecule has 0 bridgehead atoms. The lowest BCUT2D eigenvalue weighted by Gasteiger charge is -2.39. The van der Waals surface area contributed by atoms with Crippen molar-refractivity contribution in [3.8, 4) is 0 Å². The monoisotopic (exact) mass is 411 g/mol. The largest absolute Gasteiger partial charge is 0.445 e. The molecule has 0 aliphatic carbocycles. The number of anilines is 1. The Morgan fingerprint density at radius 1 is 1.28 bits per heavy atom. The predicted octanol–water partition coefficient (Wildman–Crippen LogP) is 3.75. The maximum Gasteiger partial charge on any atom is 0.410 e. The van der Waals surface area contributed by atoms with Crippen LogP contribution in [0.2, 0.25) is 0 Å². The third-order valence-electron chi connectivity index (χ3n) is 5.35. The fraction of sp³-hybridized carbons (Fsp3) is 0.381. The number of likely N-dealkylation sites (tertiary alicyclic amines) is 1. The zero-order valence-corrected chi connectivity index (χ0v) is 17.3. The van der Waals surface area contributed by atoms with Gasteiger partial charge in [0.25, 0.3) is 0 Å². The van der Waals surface area contributed by atoms with E-state index in [0.29, 0.717) is 19.7 Å². The Morgan fingerprint density at radius 3 is 2.90 bits per heavy atom. The topological polar surface area (TPSA) is 63.5 Å². The molecule has 7 nitrogen and oxygen atoms in total. The van der Waals surface area contributed by atoms with E-state index in [2.05, 4.69) is 34.6 Å². The Bertz CT molecular complexity index is 978. The van der Waals surface area contributed by atoms with Crippen molar-refractivity contribution < 1.29 is 9.53 Å². The number of hydrogen-bond donors (Lipinski definition) is 1. The van der Waals surface area contributed by atoms with Gasteiger partial charge in [-0.3, -0.25) is 3.97 Å². The zero-order chi connectivity index (χ0) is 20.2. The van der Waals surface area contributed by atoms with Crippen LogP contribution in [0.3, 0.4) is 0 Å². The van der Waals surface area contributed by atoms with E-state index in [0.717, 1.165) is 41.8 Å². The standard InChI is InChI=1S/C21H25N5O2S/c1-2-25(19-18-10-12-26(29)20(18)23-15-22-19)17-9-6-11-24(13-17)21(27)28-14-16-7-4-3-5-8-16/h3-5,7-8,10,12,15,17,29H,2,6,9,11,13-14H2,1H3/t17-/m0/s1. The Morgan fingerprint density at radius 2 is 2.10 bits per heavy atom. The number of likely N-dealkylation sites (N-methyl/N-ethyl adjacent to an activating group) is 1.